The van der Waals surface area contributed by atoms with E-state index >= 15 is 0 Å². The number of unbranched alkanes of at least 4 members (excludes halogenated alkanes) is 1. The molecule has 0 saturated heterocycles. The minimum Gasteiger partial charge on any atom is -0.366 e. The van der Waals surface area contributed by atoms with Crippen LogP contribution >= 0.6 is 10.7 Å². The quantitative estimate of drug-likeness (QED) is 0.360. The fraction of sp³-hybridized carbons (Fsp3) is 0.370. The second kappa shape index (κ2) is 11.8. The van der Waals surface area contributed by atoms with E-state index in [1.165, 1.54) is 35.2 Å². The third-order valence-corrected chi connectivity index (χ3v) is 7.70. The minimum atomic E-state index is -0.0874. The van der Waals surface area contributed by atoms with E-state index in [9.17, 15) is 5.26 Å². The maximum Gasteiger partial charge on any atom is 0.0991 e. The predicted octanol–water partition coefficient (Wildman–Crippen LogP) is 5.81. The maximum atomic E-state index is 9.51. The highest BCUT2D eigenvalue weighted by atomic mass is 32.2. The molecule has 0 amide bonds. The van der Waals surface area contributed by atoms with Crippen molar-refractivity contribution in [1.29, 1.82) is 5.26 Å². The molecule has 0 radical (unpaired) electrons. The Bertz CT molecular complexity index is 1010. The van der Waals surface area contributed by atoms with Crippen molar-refractivity contribution in [2.45, 2.75) is 45.7 Å². The van der Waals surface area contributed by atoms with Crippen LogP contribution in [-0.4, -0.2) is 41.8 Å². The molecule has 1 unspecified atom stereocenters. The summed E-state index contributed by atoms with van der Waals surface area (Å²) in [7, 11) is -0.0874. The molecule has 2 aromatic rings. The van der Waals surface area contributed by atoms with E-state index in [0.29, 0.717) is 11.6 Å². The SMILES string of the molecule is C=N/C=C(\C)CN1C[C@@H](Cc2ccccc2)N(S(=C)CCCC)Cc2cc(C#N)ccc21. The molecule has 32 heavy (non-hydrogen) atoms. The van der Waals surface area contributed by atoms with Gasteiger partial charge in [-0.05, 0) is 61.4 Å². The normalized spacial score (nSPS) is 17.8. The predicted molar refractivity (Wildman–Crippen MR) is 141 cm³/mol. The maximum absolute atomic E-state index is 9.51. The molecule has 0 bridgehead atoms. The molecule has 0 saturated carbocycles. The van der Waals surface area contributed by atoms with Gasteiger partial charge in [-0.25, -0.2) is 4.31 Å². The number of aliphatic imine (C=N–C) groups is 1. The number of rotatable bonds is 9. The number of fused-ring (bicyclic) bond motifs is 1. The van der Waals surface area contributed by atoms with Crippen molar-refractivity contribution in [2.75, 3.05) is 23.7 Å². The molecule has 0 spiro atoms. The van der Waals surface area contributed by atoms with Gasteiger partial charge in [0.05, 0.1) is 11.6 Å². The Kier molecular flexibility index (Phi) is 8.84. The zero-order valence-corrected chi connectivity index (χ0v) is 20.2. The summed E-state index contributed by atoms with van der Waals surface area (Å²) in [6.07, 6.45) is 5.17. The summed E-state index contributed by atoms with van der Waals surface area (Å²) < 4.78 is 2.59. The lowest BCUT2D eigenvalue weighted by molar-refractivity contribution is 0.352. The van der Waals surface area contributed by atoms with Crippen LogP contribution < -0.4 is 4.90 Å². The van der Waals surface area contributed by atoms with Gasteiger partial charge in [-0.2, -0.15) is 5.26 Å². The standard InChI is InChI=1S/C27H34N4S/c1-5-6-14-32(4)31-20-25-15-24(17-28)12-13-27(25)30(19-22(2)18-29-3)21-26(31)16-23-10-8-7-9-11-23/h7-13,15,18,26H,3-6,14,16,19-21H2,1-2H3/b22-18+/t26-,32?/m1/s1. The highest BCUT2D eigenvalue weighted by Crippen LogP contribution is 2.35. The van der Waals surface area contributed by atoms with E-state index in [0.717, 1.165) is 31.8 Å². The first-order valence-electron chi connectivity index (χ1n) is 11.3. The average molecular weight is 447 g/mol. The Morgan fingerprint density at radius 1 is 1.28 bits per heavy atom. The molecule has 168 valence electrons. The highest BCUT2D eigenvalue weighted by molar-refractivity contribution is 8.12. The Morgan fingerprint density at radius 3 is 2.75 bits per heavy atom. The van der Waals surface area contributed by atoms with Crippen LogP contribution in [0.25, 0.3) is 0 Å². The van der Waals surface area contributed by atoms with E-state index in [1.54, 1.807) is 0 Å². The highest BCUT2D eigenvalue weighted by Gasteiger charge is 2.29. The first kappa shape index (κ1) is 24.0. The van der Waals surface area contributed by atoms with Gasteiger partial charge in [0.25, 0.3) is 0 Å². The van der Waals surface area contributed by atoms with Gasteiger partial charge in [-0.3, -0.25) is 4.99 Å². The fourth-order valence-corrected chi connectivity index (χ4v) is 6.00. The molecule has 0 fully saturated rings. The van der Waals surface area contributed by atoms with Crippen molar-refractivity contribution in [3.63, 3.8) is 0 Å². The van der Waals surface area contributed by atoms with Crippen LogP contribution in [-0.2, 0) is 13.0 Å². The van der Waals surface area contributed by atoms with Crippen LogP contribution in [0.15, 0.2) is 65.3 Å². The Morgan fingerprint density at radius 2 is 2.06 bits per heavy atom. The summed E-state index contributed by atoms with van der Waals surface area (Å²) in [4.78, 5) is 6.41. The molecule has 4 nitrogen and oxygen atoms in total. The molecule has 1 heterocycles. The van der Waals surface area contributed by atoms with E-state index in [-0.39, 0.29) is 10.7 Å². The topological polar surface area (TPSA) is 42.6 Å². The molecule has 1 aliphatic rings. The van der Waals surface area contributed by atoms with Gasteiger partial charge in [0.2, 0.25) is 0 Å². The molecular weight excluding hydrogens is 412 g/mol. The van der Waals surface area contributed by atoms with Gasteiger partial charge in [0.1, 0.15) is 0 Å². The molecule has 2 aromatic carbocycles. The number of hydrogen-bond acceptors (Lipinski definition) is 4. The summed E-state index contributed by atoms with van der Waals surface area (Å²) in [5.41, 5.74) is 5.63. The Labute approximate surface area is 196 Å². The molecule has 0 aliphatic carbocycles. The zero-order chi connectivity index (χ0) is 22.9. The second-order valence-corrected chi connectivity index (χ2v) is 10.2. The third kappa shape index (κ3) is 6.18. The Hall–Kier alpha value is -2.68. The van der Waals surface area contributed by atoms with Gasteiger partial charge in [-0.15, -0.1) is 10.7 Å². The van der Waals surface area contributed by atoms with Gasteiger partial charge in [0.15, 0.2) is 0 Å². The lowest BCUT2D eigenvalue weighted by Crippen LogP contribution is -2.41. The van der Waals surface area contributed by atoms with Crippen molar-refractivity contribution in [1.82, 2.24) is 4.31 Å². The minimum absolute atomic E-state index is 0.0874. The fourth-order valence-electron chi connectivity index (χ4n) is 4.26. The van der Waals surface area contributed by atoms with Crippen molar-refractivity contribution < 1.29 is 0 Å². The van der Waals surface area contributed by atoms with Gasteiger partial charge < -0.3 is 4.90 Å². The smallest absolute Gasteiger partial charge is 0.0991 e. The van der Waals surface area contributed by atoms with Crippen molar-refractivity contribution in [3.8, 4) is 6.07 Å². The molecule has 0 N–H and O–H groups in total. The van der Waals surface area contributed by atoms with Crippen LogP contribution in [0, 0.1) is 11.3 Å². The van der Waals surface area contributed by atoms with Crippen LogP contribution in [0.4, 0.5) is 5.69 Å². The number of nitriles is 1. The van der Waals surface area contributed by atoms with E-state index in [4.69, 9.17) is 0 Å². The van der Waals surface area contributed by atoms with Crippen molar-refractivity contribution >= 4 is 28.9 Å². The number of nitrogens with zero attached hydrogens (tertiary/aromatic N) is 4. The summed E-state index contributed by atoms with van der Waals surface area (Å²) in [6.45, 7) is 10.5. The first-order valence-corrected chi connectivity index (χ1v) is 12.8. The summed E-state index contributed by atoms with van der Waals surface area (Å²) >= 11 is 0. The lowest BCUT2D eigenvalue weighted by Gasteiger charge is -2.34. The molecule has 5 heteroatoms. The van der Waals surface area contributed by atoms with Gasteiger partial charge in [-0.1, -0.05) is 49.5 Å². The van der Waals surface area contributed by atoms with Crippen LogP contribution in [0.1, 0.15) is 43.4 Å². The van der Waals surface area contributed by atoms with Crippen molar-refractivity contribution in [2.24, 2.45) is 4.99 Å². The lowest BCUT2D eigenvalue weighted by atomic mass is 10.1. The van der Waals surface area contributed by atoms with E-state index < -0.39 is 0 Å². The van der Waals surface area contributed by atoms with Crippen molar-refractivity contribution in [3.05, 3.63) is 77.0 Å². The number of hydrogen-bond donors (Lipinski definition) is 0. The third-order valence-electron chi connectivity index (χ3n) is 5.85. The second-order valence-electron chi connectivity index (χ2n) is 8.43. The van der Waals surface area contributed by atoms with Gasteiger partial charge in [0, 0.05) is 43.3 Å². The summed E-state index contributed by atoms with van der Waals surface area (Å²) in [5.74, 6) is 5.70. The molecule has 3 rings (SSSR count). The molecular formula is C27H34N4S. The molecule has 1 aliphatic heterocycles. The van der Waals surface area contributed by atoms with Crippen LogP contribution in [0.2, 0.25) is 0 Å². The van der Waals surface area contributed by atoms with E-state index in [2.05, 4.69) is 89.2 Å². The summed E-state index contributed by atoms with van der Waals surface area (Å²) in [6, 6.07) is 19.5. The Balaban J connectivity index is 2.03. The average Bonchev–Trinajstić information content (AvgIpc) is 2.94. The molecule has 2 atom stereocenters. The first-order chi connectivity index (χ1) is 15.5. The van der Waals surface area contributed by atoms with Crippen LogP contribution in [0.5, 0.6) is 0 Å². The summed E-state index contributed by atoms with van der Waals surface area (Å²) in [5, 5.41) is 9.51. The molecule has 0 aromatic heterocycles. The van der Waals surface area contributed by atoms with Crippen LogP contribution in [0.3, 0.4) is 0 Å². The monoisotopic (exact) mass is 446 g/mol. The number of benzene rings is 2. The largest absolute Gasteiger partial charge is 0.366 e. The zero-order valence-electron chi connectivity index (χ0n) is 19.3. The van der Waals surface area contributed by atoms with Gasteiger partial charge >= 0.3 is 0 Å². The number of anilines is 1. The van der Waals surface area contributed by atoms with E-state index in [1.807, 2.05) is 12.3 Å².